The fourth-order valence-corrected chi connectivity index (χ4v) is 0.695. The van der Waals surface area contributed by atoms with Gasteiger partial charge in [0, 0.05) is 0 Å². The average Bonchev–Trinajstić information content (AvgIpc) is 2.12. The first-order valence-electron chi connectivity index (χ1n) is 3.86. The van der Waals surface area contributed by atoms with Crippen molar-refractivity contribution in [3.8, 4) is 0 Å². The standard InChI is InChI=1S/C10H14F2/c1-5-7(3)8(4)10(12)9(11)6-2/h5-6H,1-4H3/b7-5+,9-6+,10-8-. The van der Waals surface area contributed by atoms with Gasteiger partial charge in [-0.05, 0) is 44.9 Å². The van der Waals surface area contributed by atoms with Gasteiger partial charge in [-0.25, -0.2) is 8.78 Å². The van der Waals surface area contributed by atoms with Gasteiger partial charge in [0.15, 0.2) is 11.7 Å². The van der Waals surface area contributed by atoms with E-state index in [0.29, 0.717) is 5.57 Å². The zero-order valence-electron chi connectivity index (χ0n) is 7.91. The predicted octanol–water partition coefficient (Wildman–Crippen LogP) is 4.07. The summed E-state index contributed by atoms with van der Waals surface area (Å²) in [6, 6.07) is 0. The quantitative estimate of drug-likeness (QED) is 0.551. The van der Waals surface area contributed by atoms with Crippen LogP contribution in [0.2, 0.25) is 0 Å². The lowest BCUT2D eigenvalue weighted by Gasteiger charge is -2.01. The minimum Gasteiger partial charge on any atom is -0.204 e. The van der Waals surface area contributed by atoms with Gasteiger partial charge < -0.3 is 0 Å². The molecule has 0 aliphatic heterocycles. The molecule has 0 spiro atoms. The highest BCUT2D eigenvalue weighted by Crippen LogP contribution is 2.22. The first kappa shape index (κ1) is 11.1. The molecule has 0 heterocycles. The van der Waals surface area contributed by atoms with Gasteiger partial charge in [-0.1, -0.05) is 6.08 Å². The molecule has 0 aromatic heterocycles. The summed E-state index contributed by atoms with van der Waals surface area (Å²) >= 11 is 0. The number of allylic oxidation sites excluding steroid dienone is 6. The van der Waals surface area contributed by atoms with Crippen LogP contribution in [0.4, 0.5) is 8.78 Å². The Kier molecular flexibility index (Phi) is 4.49. The second-order valence-electron chi connectivity index (χ2n) is 2.55. The van der Waals surface area contributed by atoms with Crippen LogP contribution in [0.5, 0.6) is 0 Å². The topological polar surface area (TPSA) is 0 Å². The Morgan fingerprint density at radius 1 is 1.00 bits per heavy atom. The Bertz CT molecular complexity index is 219. The molecule has 0 atom stereocenters. The van der Waals surface area contributed by atoms with Gasteiger partial charge in [-0.2, -0.15) is 0 Å². The summed E-state index contributed by atoms with van der Waals surface area (Å²) in [6.45, 7) is 6.57. The van der Waals surface area contributed by atoms with Crippen LogP contribution in [-0.2, 0) is 0 Å². The number of hydrogen-bond acceptors (Lipinski definition) is 0. The third kappa shape index (κ3) is 2.61. The van der Waals surface area contributed by atoms with Crippen molar-refractivity contribution in [1.82, 2.24) is 0 Å². The summed E-state index contributed by atoms with van der Waals surface area (Å²) in [7, 11) is 0. The van der Waals surface area contributed by atoms with Gasteiger partial charge >= 0.3 is 0 Å². The minimum atomic E-state index is -0.798. The average molecular weight is 172 g/mol. The first-order valence-corrected chi connectivity index (χ1v) is 3.86. The van der Waals surface area contributed by atoms with Crippen LogP contribution in [-0.4, -0.2) is 0 Å². The van der Waals surface area contributed by atoms with Crippen molar-refractivity contribution < 1.29 is 8.78 Å². The molecule has 68 valence electrons. The van der Waals surface area contributed by atoms with Gasteiger partial charge in [0.05, 0.1) is 0 Å². The van der Waals surface area contributed by atoms with E-state index in [1.165, 1.54) is 6.92 Å². The molecule has 0 saturated carbocycles. The monoisotopic (exact) mass is 172 g/mol. The van der Waals surface area contributed by atoms with E-state index in [1.807, 2.05) is 0 Å². The molecule has 0 radical (unpaired) electrons. The smallest absolute Gasteiger partial charge is 0.161 e. The second kappa shape index (κ2) is 4.86. The van der Waals surface area contributed by atoms with E-state index in [0.717, 1.165) is 11.6 Å². The summed E-state index contributed by atoms with van der Waals surface area (Å²) in [5.74, 6) is -1.57. The lowest BCUT2D eigenvalue weighted by molar-refractivity contribution is 0.537. The SMILES string of the molecule is C/C=C(C)/C(C)=C(F)/C(F)=C\C. The highest BCUT2D eigenvalue weighted by molar-refractivity contribution is 5.36. The van der Waals surface area contributed by atoms with Crippen molar-refractivity contribution in [3.05, 3.63) is 35.0 Å². The van der Waals surface area contributed by atoms with E-state index < -0.39 is 11.7 Å². The lowest BCUT2D eigenvalue weighted by atomic mass is 10.1. The highest BCUT2D eigenvalue weighted by atomic mass is 19.2. The molecule has 0 N–H and O–H groups in total. The van der Waals surface area contributed by atoms with E-state index in [9.17, 15) is 8.78 Å². The third-order valence-corrected chi connectivity index (χ3v) is 1.82. The molecule has 0 amide bonds. The zero-order valence-corrected chi connectivity index (χ0v) is 7.91. The summed E-state index contributed by atoms with van der Waals surface area (Å²) in [6.07, 6.45) is 2.86. The van der Waals surface area contributed by atoms with E-state index in [1.54, 1.807) is 26.8 Å². The van der Waals surface area contributed by atoms with Crippen molar-refractivity contribution >= 4 is 0 Å². The Balaban J connectivity index is 4.95. The molecule has 0 unspecified atom stereocenters. The Morgan fingerprint density at radius 2 is 1.50 bits per heavy atom. The normalized spacial score (nSPS) is 16.2. The largest absolute Gasteiger partial charge is 0.204 e. The maximum Gasteiger partial charge on any atom is 0.161 e. The maximum atomic E-state index is 13.0. The summed E-state index contributed by atoms with van der Waals surface area (Å²) in [5, 5.41) is 0. The Morgan fingerprint density at radius 3 is 1.83 bits per heavy atom. The van der Waals surface area contributed by atoms with Gasteiger partial charge in [-0.15, -0.1) is 0 Å². The molecular formula is C10H14F2. The van der Waals surface area contributed by atoms with Crippen LogP contribution in [0.15, 0.2) is 35.0 Å². The van der Waals surface area contributed by atoms with Crippen LogP contribution in [0.3, 0.4) is 0 Å². The molecule has 0 aromatic carbocycles. The van der Waals surface area contributed by atoms with Crippen molar-refractivity contribution in [2.75, 3.05) is 0 Å². The van der Waals surface area contributed by atoms with Gasteiger partial charge in [0.2, 0.25) is 0 Å². The second-order valence-corrected chi connectivity index (χ2v) is 2.55. The fourth-order valence-electron chi connectivity index (χ4n) is 0.695. The van der Waals surface area contributed by atoms with Crippen molar-refractivity contribution in [2.24, 2.45) is 0 Å². The molecular weight excluding hydrogens is 158 g/mol. The number of hydrogen-bond donors (Lipinski definition) is 0. The maximum absolute atomic E-state index is 13.0. The molecule has 0 nitrogen and oxygen atoms in total. The van der Waals surface area contributed by atoms with Crippen LogP contribution < -0.4 is 0 Å². The van der Waals surface area contributed by atoms with Crippen LogP contribution in [0, 0.1) is 0 Å². The molecule has 0 bridgehead atoms. The van der Waals surface area contributed by atoms with Crippen molar-refractivity contribution in [1.29, 1.82) is 0 Å². The Labute approximate surface area is 72.3 Å². The van der Waals surface area contributed by atoms with Crippen LogP contribution >= 0.6 is 0 Å². The van der Waals surface area contributed by atoms with Crippen molar-refractivity contribution in [3.63, 3.8) is 0 Å². The molecule has 0 saturated heterocycles. The summed E-state index contributed by atoms with van der Waals surface area (Å²) < 4.78 is 25.7. The highest BCUT2D eigenvalue weighted by Gasteiger charge is 2.07. The molecule has 12 heavy (non-hydrogen) atoms. The molecule has 0 aromatic rings. The van der Waals surface area contributed by atoms with Crippen LogP contribution in [0.1, 0.15) is 27.7 Å². The molecule has 0 aliphatic rings. The molecule has 0 rings (SSSR count). The van der Waals surface area contributed by atoms with Crippen molar-refractivity contribution in [2.45, 2.75) is 27.7 Å². The third-order valence-electron chi connectivity index (χ3n) is 1.82. The lowest BCUT2D eigenvalue weighted by Crippen LogP contribution is -1.85. The van der Waals surface area contributed by atoms with Gasteiger partial charge in [0.25, 0.3) is 0 Å². The van der Waals surface area contributed by atoms with E-state index in [2.05, 4.69) is 0 Å². The van der Waals surface area contributed by atoms with E-state index >= 15 is 0 Å². The summed E-state index contributed by atoms with van der Waals surface area (Å²) in [5.41, 5.74) is 1.11. The predicted molar refractivity (Wildman–Crippen MR) is 48.1 cm³/mol. The molecule has 0 fully saturated rings. The fraction of sp³-hybridized carbons (Fsp3) is 0.400. The van der Waals surface area contributed by atoms with E-state index in [-0.39, 0.29) is 0 Å². The van der Waals surface area contributed by atoms with Gasteiger partial charge in [-0.3, -0.25) is 0 Å². The van der Waals surface area contributed by atoms with Gasteiger partial charge in [0.1, 0.15) is 0 Å². The summed E-state index contributed by atoms with van der Waals surface area (Å²) in [4.78, 5) is 0. The molecule has 0 aliphatic carbocycles. The minimum absolute atomic E-state index is 0.355. The molecule has 2 heteroatoms. The van der Waals surface area contributed by atoms with Crippen LogP contribution in [0.25, 0.3) is 0 Å². The number of rotatable bonds is 2. The number of halogens is 2. The van der Waals surface area contributed by atoms with E-state index in [4.69, 9.17) is 0 Å². The zero-order chi connectivity index (χ0) is 9.72. The Hall–Kier alpha value is -0.920. The first-order chi connectivity index (χ1) is 5.54.